The molecule has 0 spiro atoms. The second-order valence-electron chi connectivity index (χ2n) is 5.59. The van der Waals surface area contributed by atoms with Gasteiger partial charge in [0.2, 0.25) is 11.8 Å². The molecular weight excluding hydrogens is 288 g/mol. The van der Waals surface area contributed by atoms with Crippen LogP contribution in [0.15, 0.2) is 48.5 Å². The first-order valence-corrected chi connectivity index (χ1v) is 7.86. The van der Waals surface area contributed by atoms with Crippen molar-refractivity contribution in [1.82, 2.24) is 0 Å². The molecule has 0 saturated carbocycles. The molecule has 2 rings (SSSR count). The van der Waals surface area contributed by atoms with Crippen LogP contribution < -0.4 is 11.1 Å². The van der Waals surface area contributed by atoms with Crippen molar-refractivity contribution in [2.45, 2.75) is 32.6 Å². The quantitative estimate of drug-likeness (QED) is 0.823. The maximum Gasteiger partial charge on any atom is 0.248 e. The molecule has 4 heteroatoms. The van der Waals surface area contributed by atoms with Gasteiger partial charge in [-0.2, -0.15) is 0 Å². The topological polar surface area (TPSA) is 72.2 Å². The summed E-state index contributed by atoms with van der Waals surface area (Å²) in [6, 6.07) is 14.8. The molecular formula is C19H22N2O2. The van der Waals surface area contributed by atoms with Crippen LogP contribution in [0.25, 0.3) is 0 Å². The van der Waals surface area contributed by atoms with E-state index in [9.17, 15) is 9.59 Å². The van der Waals surface area contributed by atoms with Gasteiger partial charge < -0.3 is 11.1 Å². The first kappa shape index (κ1) is 16.7. The summed E-state index contributed by atoms with van der Waals surface area (Å²) in [4.78, 5) is 23.2. The van der Waals surface area contributed by atoms with E-state index in [0.29, 0.717) is 17.7 Å². The van der Waals surface area contributed by atoms with Crippen LogP contribution in [0.4, 0.5) is 5.69 Å². The average Bonchev–Trinajstić information content (AvgIpc) is 2.54. The van der Waals surface area contributed by atoms with E-state index < -0.39 is 5.91 Å². The number of aryl methyl sites for hydroxylation is 1. The van der Waals surface area contributed by atoms with Crippen LogP contribution in [0.2, 0.25) is 0 Å². The number of hydrogen-bond donors (Lipinski definition) is 2. The van der Waals surface area contributed by atoms with Crippen LogP contribution in [0.3, 0.4) is 0 Å². The van der Waals surface area contributed by atoms with Crippen LogP contribution in [0.1, 0.15) is 41.3 Å². The summed E-state index contributed by atoms with van der Waals surface area (Å²) in [6.07, 6.45) is 3.72. The van der Waals surface area contributed by atoms with E-state index in [2.05, 4.69) is 24.4 Å². The number of anilines is 1. The summed E-state index contributed by atoms with van der Waals surface area (Å²) in [6.45, 7) is 2.17. The third kappa shape index (κ3) is 5.25. The zero-order valence-electron chi connectivity index (χ0n) is 13.3. The van der Waals surface area contributed by atoms with Gasteiger partial charge in [-0.1, -0.05) is 43.7 Å². The van der Waals surface area contributed by atoms with Crippen molar-refractivity contribution in [2.24, 2.45) is 5.73 Å². The molecule has 0 unspecified atom stereocenters. The molecule has 2 amide bonds. The monoisotopic (exact) mass is 310 g/mol. The molecule has 0 atom stereocenters. The van der Waals surface area contributed by atoms with E-state index in [1.807, 2.05) is 12.1 Å². The number of amides is 2. The van der Waals surface area contributed by atoms with Crippen molar-refractivity contribution in [3.63, 3.8) is 0 Å². The van der Waals surface area contributed by atoms with E-state index in [1.54, 1.807) is 24.3 Å². The molecule has 3 N–H and O–H groups in total. The predicted octanol–water partition coefficient (Wildman–Crippen LogP) is 3.31. The number of nitrogens with two attached hydrogens (primary N) is 1. The fourth-order valence-electron chi connectivity index (χ4n) is 2.35. The molecule has 0 bridgehead atoms. The van der Waals surface area contributed by atoms with Crippen LogP contribution >= 0.6 is 0 Å². The Bertz CT molecular complexity index is 678. The minimum absolute atomic E-state index is 0.118. The Morgan fingerprint density at radius 3 is 2.39 bits per heavy atom. The first-order chi connectivity index (χ1) is 11.1. The Labute approximate surface area is 136 Å². The minimum Gasteiger partial charge on any atom is -0.366 e. The highest BCUT2D eigenvalue weighted by Crippen LogP contribution is 2.12. The highest BCUT2D eigenvalue weighted by molar-refractivity contribution is 5.96. The molecule has 0 aliphatic carbocycles. The van der Waals surface area contributed by atoms with Crippen LogP contribution in [-0.2, 0) is 17.6 Å². The van der Waals surface area contributed by atoms with Gasteiger partial charge >= 0.3 is 0 Å². The summed E-state index contributed by atoms with van der Waals surface area (Å²) in [5, 5.41) is 2.79. The Hall–Kier alpha value is -2.62. The van der Waals surface area contributed by atoms with Gasteiger partial charge in [0, 0.05) is 11.3 Å². The van der Waals surface area contributed by atoms with Crippen LogP contribution in [0.5, 0.6) is 0 Å². The normalized spacial score (nSPS) is 10.3. The van der Waals surface area contributed by atoms with Gasteiger partial charge in [-0.15, -0.1) is 0 Å². The third-order valence-corrected chi connectivity index (χ3v) is 3.64. The molecule has 0 radical (unpaired) electrons. The number of hydrogen-bond acceptors (Lipinski definition) is 2. The molecule has 0 aliphatic rings. The molecule has 0 heterocycles. The lowest BCUT2D eigenvalue weighted by molar-refractivity contribution is -0.115. The number of carbonyl (C=O) groups excluding carboxylic acids is 2. The summed E-state index contributed by atoms with van der Waals surface area (Å²) in [5.74, 6) is -0.628. The number of carbonyl (C=O) groups is 2. The standard InChI is InChI=1S/C19H22N2O2/c1-2-3-5-14-8-10-15(11-9-14)12-18(22)21-17-7-4-6-16(13-17)19(20)23/h4,6-11,13H,2-3,5,12H2,1H3,(H2,20,23)(H,21,22). The van der Waals surface area contributed by atoms with Crippen LogP contribution in [0, 0.1) is 0 Å². The Morgan fingerprint density at radius 2 is 1.74 bits per heavy atom. The van der Waals surface area contributed by atoms with Crippen LogP contribution in [-0.4, -0.2) is 11.8 Å². The third-order valence-electron chi connectivity index (χ3n) is 3.64. The Morgan fingerprint density at radius 1 is 1.04 bits per heavy atom. The van der Waals surface area contributed by atoms with Crippen molar-refractivity contribution in [2.75, 3.05) is 5.32 Å². The van der Waals surface area contributed by atoms with E-state index in [-0.39, 0.29) is 5.91 Å². The lowest BCUT2D eigenvalue weighted by Crippen LogP contribution is -2.16. The molecule has 4 nitrogen and oxygen atoms in total. The lowest BCUT2D eigenvalue weighted by Gasteiger charge is -2.07. The maximum absolute atomic E-state index is 12.1. The second kappa shape index (κ2) is 8.13. The van der Waals surface area contributed by atoms with Gasteiger partial charge in [0.1, 0.15) is 0 Å². The van der Waals surface area contributed by atoms with E-state index >= 15 is 0 Å². The number of primary amides is 1. The summed E-state index contributed by atoms with van der Waals surface area (Å²) < 4.78 is 0. The Balaban J connectivity index is 1.94. The van der Waals surface area contributed by atoms with Gasteiger partial charge in [-0.3, -0.25) is 9.59 Å². The largest absolute Gasteiger partial charge is 0.366 e. The Kier molecular flexibility index (Phi) is 5.92. The van der Waals surface area contributed by atoms with Gasteiger partial charge in [-0.25, -0.2) is 0 Å². The number of rotatable bonds is 7. The van der Waals surface area contributed by atoms with E-state index in [0.717, 1.165) is 12.0 Å². The minimum atomic E-state index is -0.510. The van der Waals surface area contributed by atoms with Crippen molar-refractivity contribution < 1.29 is 9.59 Å². The molecule has 120 valence electrons. The predicted molar refractivity (Wildman–Crippen MR) is 92.3 cm³/mol. The number of nitrogens with one attached hydrogen (secondary N) is 1. The van der Waals surface area contributed by atoms with Crippen molar-refractivity contribution in [3.8, 4) is 0 Å². The smallest absolute Gasteiger partial charge is 0.248 e. The molecule has 0 aliphatic heterocycles. The highest BCUT2D eigenvalue weighted by Gasteiger charge is 2.06. The second-order valence-corrected chi connectivity index (χ2v) is 5.59. The van der Waals surface area contributed by atoms with Crippen molar-refractivity contribution in [3.05, 3.63) is 65.2 Å². The highest BCUT2D eigenvalue weighted by atomic mass is 16.2. The summed E-state index contributed by atoms with van der Waals surface area (Å²) in [7, 11) is 0. The van der Waals surface area contributed by atoms with Gasteiger partial charge in [0.05, 0.1) is 6.42 Å². The van der Waals surface area contributed by atoms with E-state index in [4.69, 9.17) is 5.73 Å². The zero-order valence-corrected chi connectivity index (χ0v) is 13.3. The van der Waals surface area contributed by atoms with Crippen molar-refractivity contribution in [1.29, 1.82) is 0 Å². The summed E-state index contributed by atoms with van der Waals surface area (Å²) >= 11 is 0. The SMILES string of the molecule is CCCCc1ccc(CC(=O)Nc2cccc(C(N)=O)c2)cc1. The molecule has 0 aromatic heterocycles. The summed E-state index contributed by atoms with van der Waals surface area (Å²) in [5.41, 5.74) is 8.45. The van der Waals surface area contributed by atoms with Crippen molar-refractivity contribution >= 4 is 17.5 Å². The maximum atomic E-state index is 12.1. The molecule has 2 aromatic rings. The average molecular weight is 310 g/mol. The van der Waals surface area contributed by atoms with Gasteiger partial charge in [0.15, 0.2) is 0 Å². The fourth-order valence-corrected chi connectivity index (χ4v) is 2.35. The zero-order chi connectivity index (χ0) is 16.7. The molecule has 23 heavy (non-hydrogen) atoms. The number of benzene rings is 2. The molecule has 2 aromatic carbocycles. The molecule has 0 saturated heterocycles. The first-order valence-electron chi connectivity index (χ1n) is 7.86. The number of unbranched alkanes of at least 4 members (excludes halogenated alkanes) is 1. The molecule has 0 fully saturated rings. The van der Waals surface area contributed by atoms with Gasteiger partial charge in [-0.05, 0) is 42.2 Å². The van der Waals surface area contributed by atoms with E-state index in [1.165, 1.54) is 18.4 Å². The van der Waals surface area contributed by atoms with Gasteiger partial charge in [0.25, 0.3) is 0 Å². The fraction of sp³-hybridized carbons (Fsp3) is 0.263. The lowest BCUT2D eigenvalue weighted by atomic mass is 10.0.